The fraction of sp³-hybridized carbons (Fsp3) is 0.318. The second-order valence-corrected chi connectivity index (χ2v) is 7.34. The topological polar surface area (TPSA) is 78.5 Å². The summed E-state index contributed by atoms with van der Waals surface area (Å²) in [5, 5.41) is 0. The Kier molecular flexibility index (Phi) is 6.26. The number of aryl methyl sites for hydroxylation is 1. The minimum atomic E-state index is -0.433. The van der Waals surface area contributed by atoms with Crippen LogP contribution < -0.4 is 15.8 Å². The minimum absolute atomic E-state index is 0.0216. The Morgan fingerprint density at radius 1 is 1.17 bits per heavy atom. The van der Waals surface area contributed by atoms with E-state index in [2.05, 4.69) is 10.9 Å². The van der Waals surface area contributed by atoms with Crippen molar-refractivity contribution < 1.29 is 18.8 Å². The zero-order chi connectivity index (χ0) is 21.0. The van der Waals surface area contributed by atoms with E-state index in [4.69, 9.17) is 0 Å². The van der Waals surface area contributed by atoms with E-state index in [1.54, 1.807) is 35.2 Å². The van der Waals surface area contributed by atoms with E-state index in [0.717, 1.165) is 17.7 Å². The van der Waals surface area contributed by atoms with Crippen molar-refractivity contribution in [3.05, 3.63) is 65.0 Å². The molecule has 152 valence electrons. The normalized spacial score (nSPS) is 16.4. The molecule has 7 heteroatoms. The van der Waals surface area contributed by atoms with Crippen LogP contribution >= 0.6 is 0 Å². The van der Waals surface area contributed by atoms with Gasteiger partial charge in [-0.25, -0.2) is 4.39 Å². The zero-order valence-corrected chi connectivity index (χ0v) is 16.5. The maximum absolute atomic E-state index is 14.0. The van der Waals surface area contributed by atoms with Crippen LogP contribution in [0.4, 0.5) is 10.1 Å². The Bertz CT molecular complexity index is 945. The molecule has 1 aliphatic heterocycles. The van der Waals surface area contributed by atoms with Gasteiger partial charge in [0.25, 0.3) is 5.91 Å². The van der Waals surface area contributed by atoms with Crippen LogP contribution in [-0.4, -0.2) is 24.3 Å². The van der Waals surface area contributed by atoms with Crippen molar-refractivity contribution in [1.82, 2.24) is 10.9 Å². The van der Waals surface area contributed by atoms with E-state index in [9.17, 15) is 18.8 Å². The van der Waals surface area contributed by atoms with Gasteiger partial charge < -0.3 is 4.90 Å². The van der Waals surface area contributed by atoms with Gasteiger partial charge in [-0.15, -0.1) is 0 Å². The summed E-state index contributed by atoms with van der Waals surface area (Å²) in [4.78, 5) is 37.3. The van der Waals surface area contributed by atoms with Gasteiger partial charge in [0.15, 0.2) is 0 Å². The molecule has 0 bridgehead atoms. The molecular formula is C22H24FN3O3. The maximum Gasteiger partial charge on any atom is 0.269 e. The van der Waals surface area contributed by atoms with Crippen LogP contribution in [0.2, 0.25) is 0 Å². The van der Waals surface area contributed by atoms with Crippen molar-refractivity contribution in [2.24, 2.45) is 5.92 Å². The van der Waals surface area contributed by atoms with Gasteiger partial charge in [-0.05, 0) is 61.1 Å². The van der Waals surface area contributed by atoms with E-state index in [-0.39, 0.29) is 23.5 Å². The lowest BCUT2D eigenvalue weighted by atomic mass is 9.90. The van der Waals surface area contributed by atoms with Crippen molar-refractivity contribution in [2.45, 2.75) is 33.1 Å². The summed E-state index contributed by atoms with van der Waals surface area (Å²) in [6.07, 6.45) is 1.70. The largest absolute Gasteiger partial charge is 0.312 e. The summed E-state index contributed by atoms with van der Waals surface area (Å²) >= 11 is 0. The fourth-order valence-electron chi connectivity index (χ4n) is 3.60. The van der Waals surface area contributed by atoms with Gasteiger partial charge in [-0.1, -0.05) is 18.2 Å². The van der Waals surface area contributed by atoms with Gasteiger partial charge in [0.05, 0.1) is 0 Å². The van der Waals surface area contributed by atoms with E-state index < -0.39 is 5.91 Å². The molecule has 0 aromatic heterocycles. The summed E-state index contributed by atoms with van der Waals surface area (Å²) in [7, 11) is 0. The zero-order valence-electron chi connectivity index (χ0n) is 16.5. The molecule has 0 spiro atoms. The average Bonchev–Trinajstić information content (AvgIpc) is 2.69. The summed E-state index contributed by atoms with van der Waals surface area (Å²) < 4.78 is 14.0. The minimum Gasteiger partial charge on any atom is -0.312 e. The molecule has 1 unspecified atom stereocenters. The third kappa shape index (κ3) is 4.99. The van der Waals surface area contributed by atoms with Crippen LogP contribution in [0.15, 0.2) is 42.5 Å². The average molecular weight is 397 g/mol. The highest BCUT2D eigenvalue weighted by Crippen LogP contribution is 2.29. The van der Waals surface area contributed by atoms with E-state index >= 15 is 0 Å². The molecular weight excluding hydrogens is 373 g/mol. The Morgan fingerprint density at radius 2 is 1.93 bits per heavy atom. The second-order valence-electron chi connectivity index (χ2n) is 7.34. The molecule has 3 rings (SSSR count). The Balaban J connectivity index is 1.74. The Morgan fingerprint density at radius 3 is 2.62 bits per heavy atom. The number of carbonyl (C=O) groups is 3. The highest BCUT2D eigenvalue weighted by Gasteiger charge is 2.28. The molecule has 1 fully saturated rings. The molecule has 1 heterocycles. The van der Waals surface area contributed by atoms with Crippen LogP contribution in [0.1, 0.15) is 41.3 Å². The van der Waals surface area contributed by atoms with Gasteiger partial charge in [0.2, 0.25) is 11.8 Å². The Labute approximate surface area is 169 Å². The first-order chi connectivity index (χ1) is 13.8. The number of benzene rings is 2. The van der Waals surface area contributed by atoms with Gasteiger partial charge in [-0.3, -0.25) is 25.2 Å². The van der Waals surface area contributed by atoms with Crippen molar-refractivity contribution in [1.29, 1.82) is 0 Å². The van der Waals surface area contributed by atoms with E-state index in [1.165, 1.54) is 13.0 Å². The highest BCUT2D eigenvalue weighted by atomic mass is 19.1. The van der Waals surface area contributed by atoms with Crippen molar-refractivity contribution in [2.75, 3.05) is 11.4 Å². The third-order valence-corrected chi connectivity index (χ3v) is 5.08. The van der Waals surface area contributed by atoms with Crippen LogP contribution in [0, 0.1) is 18.7 Å². The first-order valence-electron chi connectivity index (χ1n) is 9.56. The van der Waals surface area contributed by atoms with Gasteiger partial charge in [0, 0.05) is 31.1 Å². The van der Waals surface area contributed by atoms with Gasteiger partial charge >= 0.3 is 0 Å². The number of hydrogen-bond acceptors (Lipinski definition) is 3. The number of anilines is 1. The van der Waals surface area contributed by atoms with Crippen LogP contribution in [0.25, 0.3) is 0 Å². The van der Waals surface area contributed by atoms with E-state index in [0.29, 0.717) is 30.5 Å². The van der Waals surface area contributed by atoms with Crippen molar-refractivity contribution in [3.8, 4) is 0 Å². The highest BCUT2D eigenvalue weighted by molar-refractivity contribution is 5.98. The van der Waals surface area contributed by atoms with Gasteiger partial charge in [0.1, 0.15) is 5.82 Å². The smallest absolute Gasteiger partial charge is 0.269 e. The molecule has 0 saturated carbocycles. The number of carbonyl (C=O) groups excluding carboxylic acids is 3. The molecule has 3 amide bonds. The lowest BCUT2D eigenvalue weighted by Gasteiger charge is -2.34. The van der Waals surface area contributed by atoms with Crippen LogP contribution in [-0.2, 0) is 16.0 Å². The number of amides is 3. The maximum atomic E-state index is 14.0. The molecule has 1 aliphatic rings. The predicted molar refractivity (Wildman–Crippen MR) is 108 cm³/mol. The summed E-state index contributed by atoms with van der Waals surface area (Å²) in [6.45, 7) is 3.64. The molecule has 29 heavy (non-hydrogen) atoms. The van der Waals surface area contributed by atoms with Crippen molar-refractivity contribution >= 4 is 23.4 Å². The molecule has 2 aromatic carbocycles. The van der Waals surface area contributed by atoms with Crippen LogP contribution in [0.3, 0.4) is 0 Å². The lowest BCUT2D eigenvalue weighted by molar-refractivity contribution is -0.120. The molecule has 0 aliphatic carbocycles. The molecule has 0 radical (unpaired) electrons. The number of hydrazine groups is 1. The first kappa shape index (κ1) is 20.5. The second kappa shape index (κ2) is 8.86. The number of rotatable bonds is 4. The number of piperidine rings is 1. The molecule has 2 N–H and O–H groups in total. The number of hydrogen-bond donors (Lipinski definition) is 2. The monoisotopic (exact) mass is 397 g/mol. The third-order valence-electron chi connectivity index (χ3n) is 5.08. The molecule has 2 aromatic rings. The summed E-state index contributed by atoms with van der Waals surface area (Å²) in [5.74, 6) is -0.842. The molecule has 1 saturated heterocycles. The van der Waals surface area contributed by atoms with Crippen LogP contribution in [0.5, 0.6) is 0 Å². The first-order valence-corrected chi connectivity index (χ1v) is 9.56. The SMILES string of the molecule is CC(=O)NNC(=O)c1ccc(N2CC(Cc3ccccc3F)CCC2=O)c(C)c1. The van der Waals surface area contributed by atoms with Gasteiger partial charge in [-0.2, -0.15) is 0 Å². The summed E-state index contributed by atoms with van der Waals surface area (Å²) in [5.41, 5.74) is 7.13. The predicted octanol–water partition coefficient (Wildman–Crippen LogP) is 2.90. The standard InChI is InChI=1S/C22H24FN3O3/c1-14-11-18(22(29)25-24-15(2)27)8-9-20(14)26-13-16(7-10-21(26)28)12-17-5-3-4-6-19(17)23/h3-6,8-9,11,16H,7,10,12-13H2,1-2H3,(H,24,27)(H,25,29). The lowest BCUT2D eigenvalue weighted by Crippen LogP contribution is -2.41. The summed E-state index contributed by atoms with van der Waals surface area (Å²) in [6, 6.07) is 11.8. The fourth-order valence-corrected chi connectivity index (χ4v) is 3.60. The van der Waals surface area contributed by atoms with Crippen molar-refractivity contribution in [3.63, 3.8) is 0 Å². The number of nitrogens with one attached hydrogen (secondary N) is 2. The molecule has 6 nitrogen and oxygen atoms in total. The molecule has 1 atom stereocenters. The van der Waals surface area contributed by atoms with E-state index in [1.807, 2.05) is 13.0 Å². The number of halogens is 1. The number of nitrogens with zero attached hydrogens (tertiary/aromatic N) is 1. The quantitative estimate of drug-likeness (QED) is 0.779. The Hall–Kier alpha value is -3.22.